The zero-order valence-electron chi connectivity index (χ0n) is 16.6. The number of fused-ring (bicyclic) bond motifs is 1. The zero-order valence-corrected chi connectivity index (χ0v) is 16.6. The van der Waals surface area contributed by atoms with Gasteiger partial charge in [-0.2, -0.15) is 0 Å². The molecule has 1 N–H and O–H groups in total. The van der Waals surface area contributed by atoms with Crippen LogP contribution < -0.4 is 5.32 Å². The maximum atomic E-state index is 13.0. The lowest BCUT2D eigenvalue weighted by molar-refractivity contribution is -0.128. The van der Waals surface area contributed by atoms with Gasteiger partial charge in [-0.15, -0.1) is 0 Å². The molecular formula is C24H26N2O3. The largest absolute Gasteiger partial charge is 0.349 e. The summed E-state index contributed by atoms with van der Waals surface area (Å²) in [6.45, 7) is 2.29. The summed E-state index contributed by atoms with van der Waals surface area (Å²) in [7, 11) is 0. The minimum atomic E-state index is -0.243. The van der Waals surface area contributed by atoms with Gasteiger partial charge < -0.3 is 5.32 Å². The van der Waals surface area contributed by atoms with Crippen LogP contribution >= 0.6 is 0 Å². The second-order valence-corrected chi connectivity index (χ2v) is 8.06. The monoisotopic (exact) mass is 390 g/mol. The van der Waals surface area contributed by atoms with Crippen LogP contribution in [0.5, 0.6) is 0 Å². The number of amides is 3. The number of rotatable bonds is 5. The van der Waals surface area contributed by atoms with Gasteiger partial charge in [0, 0.05) is 12.5 Å². The molecule has 3 atom stereocenters. The third-order valence-corrected chi connectivity index (χ3v) is 6.20. The lowest BCUT2D eigenvalue weighted by Gasteiger charge is -2.33. The molecule has 150 valence electrons. The van der Waals surface area contributed by atoms with E-state index in [0.717, 1.165) is 31.2 Å². The van der Waals surface area contributed by atoms with E-state index in [4.69, 9.17) is 0 Å². The molecule has 1 saturated carbocycles. The lowest BCUT2D eigenvalue weighted by atomic mass is 9.78. The molecule has 5 heteroatoms. The fraction of sp³-hybridized carbons (Fsp3) is 0.375. The Morgan fingerprint density at radius 1 is 0.966 bits per heavy atom. The van der Waals surface area contributed by atoms with Crippen molar-refractivity contribution in [3.8, 4) is 0 Å². The summed E-state index contributed by atoms with van der Waals surface area (Å²) < 4.78 is 0. The quantitative estimate of drug-likeness (QED) is 0.786. The summed E-state index contributed by atoms with van der Waals surface area (Å²) in [6, 6.07) is 16.7. The summed E-state index contributed by atoms with van der Waals surface area (Å²) in [5, 5.41) is 3.13. The lowest BCUT2D eigenvalue weighted by Crippen LogP contribution is -2.43. The first-order valence-electron chi connectivity index (χ1n) is 10.4. The first kappa shape index (κ1) is 19.4. The van der Waals surface area contributed by atoms with Crippen LogP contribution in [0.4, 0.5) is 0 Å². The highest BCUT2D eigenvalue weighted by atomic mass is 16.2. The van der Waals surface area contributed by atoms with E-state index in [1.165, 1.54) is 4.90 Å². The van der Waals surface area contributed by atoms with Crippen molar-refractivity contribution >= 4 is 17.7 Å². The Morgan fingerprint density at radius 3 is 2.21 bits per heavy atom. The highest BCUT2D eigenvalue weighted by Crippen LogP contribution is 2.33. The van der Waals surface area contributed by atoms with Gasteiger partial charge in [0.25, 0.3) is 11.8 Å². The van der Waals surface area contributed by atoms with Gasteiger partial charge in [0.15, 0.2) is 0 Å². The third kappa shape index (κ3) is 3.82. The van der Waals surface area contributed by atoms with Crippen molar-refractivity contribution in [3.63, 3.8) is 0 Å². The Kier molecular flexibility index (Phi) is 5.47. The Balaban J connectivity index is 1.46. The maximum absolute atomic E-state index is 13.0. The highest BCUT2D eigenvalue weighted by Gasteiger charge is 2.40. The molecule has 1 aliphatic heterocycles. The molecule has 1 fully saturated rings. The highest BCUT2D eigenvalue weighted by molar-refractivity contribution is 6.21. The number of benzene rings is 2. The van der Waals surface area contributed by atoms with Gasteiger partial charge in [0.2, 0.25) is 5.91 Å². The molecule has 3 unspecified atom stereocenters. The molecule has 2 aromatic carbocycles. The third-order valence-electron chi connectivity index (χ3n) is 6.20. The van der Waals surface area contributed by atoms with E-state index in [2.05, 4.69) is 5.32 Å². The van der Waals surface area contributed by atoms with Gasteiger partial charge in [-0.05, 0) is 43.4 Å². The SMILES string of the molecule is CC(NC(=O)C1CCCCC1CN1C(=O)c2ccccc2C1=O)c1ccccc1. The predicted octanol–water partition coefficient (Wildman–Crippen LogP) is 3.97. The van der Waals surface area contributed by atoms with E-state index in [9.17, 15) is 14.4 Å². The molecule has 0 spiro atoms. The number of nitrogens with one attached hydrogen (secondary N) is 1. The van der Waals surface area contributed by atoms with E-state index >= 15 is 0 Å². The number of hydrogen-bond acceptors (Lipinski definition) is 3. The van der Waals surface area contributed by atoms with Crippen LogP contribution in [0.15, 0.2) is 54.6 Å². The van der Waals surface area contributed by atoms with Gasteiger partial charge >= 0.3 is 0 Å². The number of carbonyl (C=O) groups excluding carboxylic acids is 3. The second-order valence-electron chi connectivity index (χ2n) is 8.06. The Labute approximate surface area is 171 Å². The van der Waals surface area contributed by atoms with E-state index in [1.54, 1.807) is 24.3 Å². The normalized spacial score (nSPS) is 22.3. The molecule has 1 aliphatic carbocycles. The maximum Gasteiger partial charge on any atom is 0.261 e. The van der Waals surface area contributed by atoms with Gasteiger partial charge in [-0.1, -0.05) is 55.3 Å². The average Bonchev–Trinajstić information content (AvgIpc) is 3.00. The van der Waals surface area contributed by atoms with Crippen LogP contribution in [0, 0.1) is 11.8 Å². The number of carbonyl (C=O) groups is 3. The van der Waals surface area contributed by atoms with E-state index in [1.807, 2.05) is 37.3 Å². The summed E-state index contributed by atoms with van der Waals surface area (Å²) in [4.78, 5) is 39.8. The standard InChI is InChI=1S/C24H26N2O3/c1-16(17-9-3-2-4-10-17)25-22(27)19-12-6-5-11-18(19)15-26-23(28)20-13-7-8-14-21(20)24(26)29/h2-4,7-10,13-14,16,18-19H,5-6,11-12,15H2,1H3,(H,25,27). The second kappa shape index (κ2) is 8.19. The summed E-state index contributed by atoms with van der Waals surface area (Å²) in [5.74, 6) is -0.656. The smallest absolute Gasteiger partial charge is 0.261 e. The molecule has 4 rings (SSSR count). The Morgan fingerprint density at radius 2 is 1.55 bits per heavy atom. The molecule has 1 heterocycles. The van der Waals surface area contributed by atoms with Crippen molar-refractivity contribution in [2.75, 3.05) is 6.54 Å². The minimum Gasteiger partial charge on any atom is -0.349 e. The number of imide groups is 1. The van der Waals surface area contributed by atoms with Gasteiger partial charge in [0.1, 0.15) is 0 Å². The van der Waals surface area contributed by atoms with Crippen LogP contribution in [-0.4, -0.2) is 29.2 Å². The van der Waals surface area contributed by atoms with Gasteiger partial charge in [-0.25, -0.2) is 0 Å². The van der Waals surface area contributed by atoms with E-state index in [0.29, 0.717) is 17.7 Å². The zero-order chi connectivity index (χ0) is 20.4. The average molecular weight is 390 g/mol. The molecule has 0 aromatic heterocycles. The Bertz CT molecular complexity index is 890. The van der Waals surface area contributed by atoms with Crippen molar-refractivity contribution in [2.24, 2.45) is 11.8 Å². The number of hydrogen-bond donors (Lipinski definition) is 1. The van der Waals surface area contributed by atoms with Crippen LogP contribution in [0.1, 0.15) is 64.9 Å². The molecule has 0 saturated heterocycles. The van der Waals surface area contributed by atoms with Crippen LogP contribution in [0.25, 0.3) is 0 Å². The Hall–Kier alpha value is -2.95. The van der Waals surface area contributed by atoms with Crippen molar-refractivity contribution in [3.05, 3.63) is 71.3 Å². The molecule has 0 radical (unpaired) electrons. The fourth-order valence-corrected chi connectivity index (χ4v) is 4.56. The first-order chi connectivity index (χ1) is 14.1. The summed E-state index contributed by atoms with van der Waals surface area (Å²) in [5.41, 5.74) is 1.99. The predicted molar refractivity (Wildman–Crippen MR) is 110 cm³/mol. The van der Waals surface area contributed by atoms with Gasteiger partial charge in [-0.3, -0.25) is 19.3 Å². The van der Waals surface area contributed by atoms with Crippen molar-refractivity contribution in [1.82, 2.24) is 10.2 Å². The minimum absolute atomic E-state index is 0.00562. The summed E-state index contributed by atoms with van der Waals surface area (Å²) in [6.07, 6.45) is 3.66. The first-order valence-corrected chi connectivity index (χ1v) is 10.4. The molecular weight excluding hydrogens is 364 g/mol. The van der Waals surface area contributed by atoms with Crippen molar-refractivity contribution < 1.29 is 14.4 Å². The van der Waals surface area contributed by atoms with Crippen LogP contribution in [-0.2, 0) is 4.79 Å². The summed E-state index contributed by atoms with van der Waals surface area (Å²) >= 11 is 0. The van der Waals surface area contributed by atoms with Crippen molar-refractivity contribution in [1.29, 1.82) is 0 Å². The topological polar surface area (TPSA) is 66.5 Å². The van der Waals surface area contributed by atoms with E-state index in [-0.39, 0.29) is 35.6 Å². The number of nitrogens with zero attached hydrogens (tertiary/aromatic N) is 1. The van der Waals surface area contributed by atoms with Gasteiger partial charge in [0.05, 0.1) is 17.2 Å². The molecule has 29 heavy (non-hydrogen) atoms. The van der Waals surface area contributed by atoms with Crippen LogP contribution in [0.3, 0.4) is 0 Å². The van der Waals surface area contributed by atoms with E-state index < -0.39 is 0 Å². The molecule has 5 nitrogen and oxygen atoms in total. The molecule has 0 bridgehead atoms. The molecule has 2 aliphatic rings. The van der Waals surface area contributed by atoms with Crippen molar-refractivity contribution in [2.45, 2.75) is 38.6 Å². The molecule has 3 amide bonds. The van der Waals surface area contributed by atoms with Crippen LogP contribution in [0.2, 0.25) is 0 Å². The fourth-order valence-electron chi connectivity index (χ4n) is 4.56. The molecule has 2 aromatic rings.